The monoisotopic (exact) mass is 935 g/mol. The van der Waals surface area contributed by atoms with Crippen LogP contribution < -0.4 is 4.90 Å². The Hall–Kier alpha value is -8.72. The third-order valence-corrected chi connectivity index (χ3v) is 16.2. The second kappa shape index (κ2) is 17.8. The van der Waals surface area contributed by atoms with Crippen molar-refractivity contribution in [3.8, 4) is 44.5 Å². The lowest BCUT2D eigenvalue weighted by Gasteiger charge is -2.34. The Balaban J connectivity index is 0.921. The summed E-state index contributed by atoms with van der Waals surface area (Å²) in [6.07, 6.45) is 6.42. The molecule has 2 aliphatic carbocycles. The molecule has 2 nitrogen and oxygen atoms in total. The van der Waals surface area contributed by atoms with E-state index in [1.54, 1.807) is 0 Å². The van der Waals surface area contributed by atoms with Crippen LogP contribution in [0.25, 0.3) is 77.2 Å². The highest BCUT2D eigenvalue weighted by Crippen LogP contribution is 2.57. The molecule has 73 heavy (non-hydrogen) atoms. The van der Waals surface area contributed by atoms with E-state index in [0.717, 1.165) is 50.1 Å². The van der Waals surface area contributed by atoms with Gasteiger partial charge in [-0.25, -0.2) is 0 Å². The van der Waals surface area contributed by atoms with Crippen LogP contribution in [0, 0.1) is 0 Å². The van der Waals surface area contributed by atoms with Gasteiger partial charge in [0.2, 0.25) is 0 Å². The summed E-state index contributed by atoms with van der Waals surface area (Å²) in [5.41, 5.74) is 21.1. The van der Waals surface area contributed by atoms with E-state index in [1.165, 1.54) is 104 Å². The SMILES string of the molecule is c1ccc(C2(c3ccccc3)c3ccccc3-c3ccc(-c4ccc(N(c5ccc(-c6cccc7oc8ccccc8c67)cc5)c5ccccc5-c5cccc6cccc(C7CCCCC7)c56)cc4)cc32)cc1. The maximum atomic E-state index is 6.35. The molecule has 0 unspecified atom stereocenters. The van der Waals surface area contributed by atoms with Crippen LogP contribution >= 0.6 is 0 Å². The molecule has 348 valence electrons. The van der Waals surface area contributed by atoms with E-state index in [4.69, 9.17) is 4.42 Å². The summed E-state index contributed by atoms with van der Waals surface area (Å²) >= 11 is 0. The summed E-state index contributed by atoms with van der Waals surface area (Å²) in [5.74, 6) is 0.567. The van der Waals surface area contributed by atoms with E-state index < -0.39 is 5.41 Å². The zero-order chi connectivity index (χ0) is 48.3. The van der Waals surface area contributed by atoms with Crippen LogP contribution in [0.15, 0.2) is 259 Å². The van der Waals surface area contributed by atoms with E-state index in [0.29, 0.717) is 5.92 Å². The van der Waals surface area contributed by atoms with Crippen molar-refractivity contribution in [3.63, 3.8) is 0 Å². The van der Waals surface area contributed by atoms with Gasteiger partial charge in [-0.3, -0.25) is 0 Å². The number of nitrogens with zero attached hydrogens (tertiary/aromatic N) is 1. The molecule has 1 fully saturated rings. The normalized spacial score (nSPS) is 14.1. The molecule has 11 aromatic carbocycles. The minimum absolute atomic E-state index is 0.467. The fourth-order valence-electron chi connectivity index (χ4n) is 12.9. The molecule has 0 bridgehead atoms. The fraction of sp³-hybridized carbons (Fsp3) is 0.0986. The molecular weight excluding hydrogens is 883 g/mol. The smallest absolute Gasteiger partial charge is 0.136 e. The maximum absolute atomic E-state index is 6.35. The number of benzene rings is 11. The first-order valence-corrected chi connectivity index (χ1v) is 26.1. The molecule has 1 heterocycles. The lowest BCUT2D eigenvalue weighted by molar-refractivity contribution is 0.445. The van der Waals surface area contributed by atoms with Crippen LogP contribution in [-0.2, 0) is 5.41 Å². The first-order valence-electron chi connectivity index (χ1n) is 26.1. The van der Waals surface area contributed by atoms with E-state index in [1.807, 2.05) is 6.07 Å². The molecule has 0 saturated heterocycles. The van der Waals surface area contributed by atoms with Gasteiger partial charge in [-0.15, -0.1) is 0 Å². The molecule has 2 aliphatic rings. The Kier molecular flexibility index (Phi) is 10.5. The Morgan fingerprint density at radius 2 is 0.932 bits per heavy atom. The van der Waals surface area contributed by atoms with Gasteiger partial charge < -0.3 is 9.32 Å². The Bertz CT molecular complexity index is 3950. The Morgan fingerprint density at radius 1 is 0.370 bits per heavy atom. The predicted octanol–water partition coefficient (Wildman–Crippen LogP) is 19.6. The molecule has 1 saturated carbocycles. The van der Waals surface area contributed by atoms with Gasteiger partial charge in [0.05, 0.1) is 11.1 Å². The summed E-state index contributed by atoms with van der Waals surface area (Å²) < 4.78 is 6.35. The first kappa shape index (κ1) is 43.1. The van der Waals surface area contributed by atoms with Crippen molar-refractivity contribution in [2.45, 2.75) is 43.4 Å². The zero-order valence-electron chi connectivity index (χ0n) is 40.7. The molecule has 0 amide bonds. The number of para-hydroxylation sites is 2. The topological polar surface area (TPSA) is 16.4 Å². The summed E-state index contributed by atoms with van der Waals surface area (Å²) in [5, 5.41) is 4.97. The standard InChI is InChI=1S/C71H53NO/c1-4-19-49(20-5-1)57-30-16-21-51-22-17-32-62(69(51)57)61-28-11-14-34-66(61)72(56-44-39-50(40-45-56)58-31-18-36-68-70(58)63-29-12-15-35-67(63)73-68)55-42-37-48(38-43-55)52-41-46-60-59-27-10-13-33-64(59)71(65(60)47-52,53-23-6-2-7-24-53)54-25-8-3-9-26-54/h2-3,6-18,21-47,49H,1,4-5,19-20H2. The third-order valence-electron chi connectivity index (χ3n) is 16.2. The van der Waals surface area contributed by atoms with Gasteiger partial charge in [0, 0.05) is 27.7 Å². The number of anilines is 3. The van der Waals surface area contributed by atoms with E-state index in [9.17, 15) is 0 Å². The van der Waals surface area contributed by atoms with Gasteiger partial charge in [0.25, 0.3) is 0 Å². The highest BCUT2D eigenvalue weighted by molar-refractivity contribution is 6.12. The Labute approximate surface area is 427 Å². The molecule has 0 spiro atoms. The summed E-state index contributed by atoms with van der Waals surface area (Å²) in [4.78, 5) is 2.47. The van der Waals surface area contributed by atoms with Gasteiger partial charge in [0.15, 0.2) is 0 Å². The van der Waals surface area contributed by atoms with Crippen molar-refractivity contribution < 1.29 is 4.42 Å². The van der Waals surface area contributed by atoms with Crippen LogP contribution in [0.2, 0.25) is 0 Å². The molecule has 0 atom stereocenters. The van der Waals surface area contributed by atoms with Gasteiger partial charge in [-0.2, -0.15) is 0 Å². The average molecular weight is 936 g/mol. The lowest BCUT2D eigenvalue weighted by atomic mass is 9.67. The second-order valence-corrected chi connectivity index (χ2v) is 20.1. The zero-order valence-corrected chi connectivity index (χ0v) is 40.7. The van der Waals surface area contributed by atoms with Gasteiger partial charge >= 0.3 is 0 Å². The highest BCUT2D eigenvalue weighted by atomic mass is 16.3. The van der Waals surface area contributed by atoms with Crippen LogP contribution in [0.5, 0.6) is 0 Å². The maximum Gasteiger partial charge on any atom is 0.136 e. The number of furan rings is 1. The highest BCUT2D eigenvalue weighted by Gasteiger charge is 2.46. The van der Waals surface area contributed by atoms with E-state index >= 15 is 0 Å². The first-order chi connectivity index (χ1) is 36.2. The minimum atomic E-state index is -0.467. The number of fused-ring (bicyclic) bond motifs is 7. The van der Waals surface area contributed by atoms with Crippen molar-refractivity contribution in [1.82, 2.24) is 0 Å². The molecule has 14 rings (SSSR count). The fourth-order valence-corrected chi connectivity index (χ4v) is 12.9. The predicted molar refractivity (Wildman–Crippen MR) is 305 cm³/mol. The Morgan fingerprint density at radius 3 is 1.68 bits per heavy atom. The second-order valence-electron chi connectivity index (χ2n) is 20.1. The summed E-state index contributed by atoms with van der Waals surface area (Å²) in [7, 11) is 0. The van der Waals surface area contributed by atoms with Crippen molar-refractivity contribution in [1.29, 1.82) is 0 Å². The van der Waals surface area contributed by atoms with Crippen molar-refractivity contribution >= 4 is 49.8 Å². The quantitative estimate of drug-likeness (QED) is 0.143. The van der Waals surface area contributed by atoms with E-state index in [2.05, 4.69) is 254 Å². The molecule has 12 aromatic rings. The molecular formula is C71H53NO. The van der Waals surface area contributed by atoms with Crippen LogP contribution in [0.1, 0.15) is 65.8 Å². The third kappa shape index (κ3) is 7.07. The largest absolute Gasteiger partial charge is 0.456 e. The molecule has 2 heteroatoms. The van der Waals surface area contributed by atoms with Crippen molar-refractivity contribution in [2.75, 3.05) is 4.90 Å². The number of rotatable bonds is 9. The number of hydrogen-bond donors (Lipinski definition) is 0. The van der Waals surface area contributed by atoms with Gasteiger partial charge in [0.1, 0.15) is 11.2 Å². The molecule has 1 aromatic heterocycles. The van der Waals surface area contributed by atoms with E-state index in [-0.39, 0.29) is 0 Å². The van der Waals surface area contributed by atoms with Crippen molar-refractivity contribution in [3.05, 3.63) is 283 Å². The van der Waals surface area contributed by atoms with Gasteiger partial charge in [-0.1, -0.05) is 226 Å². The summed E-state index contributed by atoms with van der Waals surface area (Å²) in [6, 6.07) is 94.4. The molecule has 0 N–H and O–H groups in total. The number of hydrogen-bond acceptors (Lipinski definition) is 2. The van der Waals surface area contributed by atoms with Crippen LogP contribution in [0.4, 0.5) is 17.1 Å². The van der Waals surface area contributed by atoms with Crippen LogP contribution in [-0.4, -0.2) is 0 Å². The average Bonchev–Trinajstić information content (AvgIpc) is 4.00. The van der Waals surface area contributed by atoms with Gasteiger partial charge in [-0.05, 0) is 145 Å². The minimum Gasteiger partial charge on any atom is -0.456 e. The molecule has 0 radical (unpaired) electrons. The van der Waals surface area contributed by atoms with Crippen molar-refractivity contribution in [2.24, 2.45) is 0 Å². The summed E-state index contributed by atoms with van der Waals surface area (Å²) in [6.45, 7) is 0. The lowest BCUT2D eigenvalue weighted by Crippen LogP contribution is -2.28. The van der Waals surface area contributed by atoms with Crippen LogP contribution in [0.3, 0.4) is 0 Å². The molecule has 0 aliphatic heterocycles.